The predicted octanol–water partition coefficient (Wildman–Crippen LogP) is 3.09. The SMILES string of the molecule is CCOc1ccccc1-c1nc2ccc(CN)cc2[nH]1. The minimum Gasteiger partial charge on any atom is -0.493 e. The first kappa shape index (κ1) is 12.7. The van der Waals surface area contributed by atoms with Crippen LogP contribution in [0.4, 0.5) is 0 Å². The topological polar surface area (TPSA) is 63.9 Å². The zero-order valence-electron chi connectivity index (χ0n) is 11.4. The van der Waals surface area contributed by atoms with Crippen LogP contribution in [-0.4, -0.2) is 16.6 Å². The summed E-state index contributed by atoms with van der Waals surface area (Å²) in [4.78, 5) is 7.96. The third-order valence-electron chi connectivity index (χ3n) is 3.22. The molecule has 0 atom stereocenters. The second kappa shape index (κ2) is 5.35. The molecule has 0 aliphatic heterocycles. The van der Waals surface area contributed by atoms with E-state index in [4.69, 9.17) is 10.5 Å². The molecule has 2 aromatic carbocycles. The average Bonchev–Trinajstić information content (AvgIpc) is 2.90. The van der Waals surface area contributed by atoms with E-state index in [1.165, 1.54) is 0 Å². The second-order valence-corrected chi connectivity index (χ2v) is 4.57. The van der Waals surface area contributed by atoms with E-state index in [9.17, 15) is 0 Å². The predicted molar refractivity (Wildman–Crippen MR) is 80.6 cm³/mol. The number of fused-ring (bicyclic) bond motifs is 1. The molecule has 0 aliphatic carbocycles. The molecule has 1 heterocycles. The minimum absolute atomic E-state index is 0.528. The molecule has 3 N–H and O–H groups in total. The lowest BCUT2D eigenvalue weighted by atomic mass is 10.2. The fourth-order valence-electron chi connectivity index (χ4n) is 2.25. The van der Waals surface area contributed by atoms with E-state index in [2.05, 4.69) is 9.97 Å². The largest absolute Gasteiger partial charge is 0.493 e. The molecule has 20 heavy (non-hydrogen) atoms. The zero-order chi connectivity index (χ0) is 13.9. The Morgan fingerprint density at radius 3 is 2.85 bits per heavy atom. The van der Waals surface area contributed by atoms with Crippen LogP contribution in [0.25, 0.3) is 22.4 Å². The molecule has 0 spiro atoms. The van der Waals surface area contributed by atoms with Gasteiger partial charge in [-0.3, -0.25) is 0 Å². The summed E-state index contributed by atoms with van der Waals surface area (Å²) in [6.45, 7) is 3.14. The number of nitrogens with one attached hydrogen (secondary N) is 1. The summed E-state index contributed by atoms with van der Waals surface area (Å²) < 4.78 is 5.65. The summed E-state index contributed by atoms with van der Waals surface area (Å²) in [7, 11) is 0. The zero-order valence-corrected chi connectivity index (χ0v) is 11.4. The van der Waals surface area contributed by atoms with Crippen molar-refractivity contribution in [3.05, 3.63) is 48.0 Å². The lowest BCUT2D eigenvalue weighted by molar-refractivity contribution is 0.341. The number of imidazole rings is 1. The number of nitrogens with zero attached hydrogens (tertiary/aromatic N) is 1. The molecule has 0 aliphatic rings. The van der Waals surface area contributed by atoms with Crippen molar-refractivity contribution in [3.63, 3.8) is 0 Å². The number of aromatic nitrogens is 2. The molecule has 0 saturated carbocycles. The van der Waals surface area contributed by atoms with Crippen LogP contribution >= 0.6 is 0 Å². The van der Waals surface area contributed by atoms with Gasteiger partial charge in [-0.25, -0.2) is 4.98 Å². The van der Waals surface area contributed by atoms with Crippen LogP contribution in [0.15, 0.2) is 42.5 Å². The van der Waals surface area contributed by atoms with Crippen LogP contribution in [0.1, 0.15) is 12.5 Å². The monoisotopic (exact) mass is 267 g/mol. The highest BCUT2D eigenvalue weighted by Crippen LogP contribution is 2.29. The van der Waals surface area contributed by atoms with Crippen molar-refractivity contribution < 1.29 is 4.74 Å². The van der Waals surface area contributed by atoms with Gasteiger partial charge in [-0.15, -0.1) is 0 Å². The van der Waals surface area contributed by atoms with Crippen molar-refractivity contribution in [2.75, 3.05) is 6.61 Å². The van der Waals surface area contributed by atoms with Crippen LogP contribution in [0, 0.1) is 0 Å². The van der Waals surface area contributed by atoms with Gasteiger partial charge in [0.25, 0.3) is 0 Å². The number of ether oxygens (including phenoxy) is 1. The number of para-hydroxylation sites is 1. The van der Waals surface area contributed by atoms with E-state index in [1.807, 2.05) is 49.4 Å². The van der Waals surface area contributed by atoms with Gasteiger partial charge in [-0.2, -0.15) is 0 Å². The number of nitrogens with two attached hydrogens (primary N) is 1. The first-order valence-electron chi connectivity index (χ1n) is 6.72. The molecule has 0 unspecified atom stereocenters. The van der Waals surface area contributed by atoms with Crippen molar-refractivity contribution in [1.82, 2.24) is 9.97 Å². The van der Waals surface area contributed by atoms with Gasteiger partial charge in [-0.05, 0) is 36.8 Å². The van der Waals surface area contributed by atoms with E-state index in [0.29, 0.717) is 13.2 Å². The Kier molecular flexibility index (Phi) is 3.39. The standard InChI is InChI=1S/C16H17N3O/c1-2-20-15-6-4-3-5-12(15)16-18-13-8-7-11(10-17)9-14(13)19-16/h3-9H,2,10,17H2,1H3,(H,18,19). The molecular weight excluding hydrogens is 250 g/mol. The normalized spacial score (nSPS) is 10.9. The highest BCUT2D eigenvalue weighted by Gasteiger charge is 2.10. The van der Waals surface area contributed by atoms with Crippen LogP contribution < -0.4 is 10.5 Å². The van der Waals surface area contributed by atoms with Crippen LogP contribution in [0.3, 0.4) is 0 Å². The summed E-state index contributed by atoms with van der Waals surface area (Å²) >= 11 is 0. The van der Waals surface area contributed by atoms with Crippen molar-refractivity contribution >= 4 is 11.0 Å². The average molecular weight is 267 g/mol. The van der Waals surface area contributed by atoms with Crippen molar-refractivity contribution in [3.8, 4) is 17.1 Å². The quantitative estimate of drug-likeness (QED) is 0.763. The molecule has 102 valence electrons. The molecule has 0 saturated heterocycles. The first-order valence-corrected chi connectivity index (χ1v) is 6.72. The van der Waals surface area contributed by atoms with Gasteiger partial charge in [0.2, 0.25) is 0 Å². The lowest BCUT2D eigenvalue weighted by Crippen LogP contribution is -1.95. The Bertz CT molecular complexity index is 733. The Labute approximate surface area is 117 Å². The van der Waals surface area contributed by atoms with Gasteiger partial charge < -0.3 is 15.5 Å². The van der Waals surface area contributed by atoms with Gasteiger partial charge in [0, 0.05) is 6.54 Å². The molecule has 3 rings (SSSR count). The molecule has 4 heteroatoms. The Morgan fingerprint density at radius 1 is 1.20 bits per heavy atom. The number of benzene rings is 2. The summed E-state index contributed by atoms with van der Waals surface area (Å²) in [5.41, 5.74) is 9.66. The molecule has 0 amide bonds. The molecule has 1 aromatic heterocycles. The van der Waals surface area contributed by atoms with E-state index in [-0.39, 0.29) is 0 Å². The Hall–Kier alpha value is -2.33. The second-order valence-electron chi connectivity index (χ2n) is 4.57. The summed E-state index contributed by atoms with van der Waals surface area (Å²) in [6.07, 6.45) is 0. The fourth-order valence-corrected chi connectivity index (χ4v) is 2.25. The Balaban J connectivity index is 2.10. The number of hydrogen-bond donors (Lipinski definition) is 2. The summed E-state index contributed by atoms with van der Waals surface area (Å²) in [5, 5.41) is 0. The molecule has 0 fully saturated rings. The molecule has 0 bridgehead atoms. The van der Waals surface area contributed by atoms with Crippen molar-refractivity contribution in [2.24, 2.45) is 5.73 Å². The van der Waals surface area contributed by atoms with Crippen molar-refractivity contribution in [2.45, 2.75) is 13.5 Å². The van der Waals surface area contributed by atoms with Gasteiger partial charge in [0.05, 0.1) is 23.2 Å². The van der Waals surface area contributed by atoms with E-state index >= 15 is 0 Å². The number of H-pyrrole nitrogens is 1. The molecular formula is C16H17N3O. The maximum atomic E-state index is 5.67. The Morgan fingerprint density at radius 2 is 2.05 bits per heavy atom. The minimum atomic E-state index is 0.528. The number of hydrogen-bond acceptors (Lipinski definition) is 3. The van der Waals surface area contributed by atoms with Gasteiger partial charge in [0.15, 0.2) is 0 Å². The maximum absolute atomic E-state index is 5.67. The van der Waals surface area contributed by atoms with Gasteiger partial charge in [0.1, 0.15) is 11.6 Å². The number of rotatable bonds is 4. The smallest absolute Gasteiger partial charge is 0.142 e. The highest BCUT2D eigenvalue weighted by molar-refractivity contribution is 5.81. The van der Waals surface area contributed by atoms with E-state index < -0.39 is 0 Å². The molecule has 0 radical (unpaired) electrons. The summed E-state index contributed by atoms with van der Waals surface area (Å²) in [6, 6.07) is 13.9. The first-order chi connectivity index (χ1) is 9.81. The summed E-state index contributed by atoms with van der Waals surface area (Å²) in [5.74, 6) is 1.66. The van der Waals surface area contributed by atoms with E-state index in [1.54, 1.807) is 0 Å². The van der Waals surface area contributed by atoms with Crippen LogP contribution in [0.2, 0.25) is 0 Å². The van der Waals surface area contributed by atoms with Gasteiger partial charge in [-0.1, -0.05) is 18.2 Å². The van der Waals surface area contributed by atoms with Crippen LogP contribution in [-0.2, 0) is 6.54 Å². The fraction of sp³-hybridized carbons (Fsp3) is 0.188. The molecule has 4 nitrogen and oxygen atoms in total. The lowest BCUT2D eigenvalue weighted by Gasteiger charge is -2.07. The highest BCUT2D eigenvalue weighted by atomic mass is 16.5. The van der Waals surface area contributed by atoms with E-state index in [0.717, 1.165) is 33.7 Å². The third-order valence-corrected chi connectivity index (χ3v) is 3.22. The maximum Gasteiger partial charge on any atom is 0.142 e. The van der Waals surface area contributed by atoms with Gasteiger partial charge >= 0.3 is 0 Å². The van der Waals surface area contributed by atoms with Crippen molar-refractivity contribution in [1.29, 1.82) is 0 Å². The van der Waals surface area contributed by atoms with Crippen LogP contribution in [0.5, 0.6) is 5.75 Å². The molecule has 3 aromatic rings. The third kappa shape index (κ3) is 2.26. The number of aromatic amines is 1.